The first-order valence-corrected chi connectivity index (χ1v) is 9.61. The molecule has 2 aromatic rings. The van der Waals surface area contributed by atoms with Crippen LogP contribution in [0.25, 0.3) is 0 Å². The van der Waals surface area contributed by atoms with Gasteiger partial charge < -0.3 is 15.7 Å². The highest BCUT2D eigenvalue weighted by Crippen LogP contribution is 2.35. The van der Waals surface area contributed by atoms with Gasteiger partial charge in [-0.05, 0) is 55.6 Å². The number of anilines is 1. The number of nitrogens with zero attached hydrogens (tertiary/aromatic N) is 1. The van der Waals surface area contributed by atoms with Gasteiger partial charge in [0.15, 0.2) is 0 Å². The van der Waals surface area contributed by atoms with Gasteiger partial charge in [-0.3, -0.25) is 9.59 Å². The number of benzene rings is 1. The van der Waals surface area contributed by atoms with Crippen molar-refractivity contribution in [3.8, 4) is 0 Å². The molecule has 1 aromatic heterocycles. The smallest absolute Gasteiger partial charge is 0.433 e. The third-order valence-electron chi connectivity index (χ3n) is 4.86. The topological polar surface area (TPSA) is 91.3 Å². The molecule has 1 aliphatic rings. The van der Waals surface area contributed by atoms with Crippen molar-refractivity contribution in [3.05, 3.63) is 58.4 Å². The molecule has 1 aliphatic heterocycles. The summed E-state index contributed by atoms with van der Waals surface area (Å²) in [4.78, 5) is 27.4. The van der Waals surface area contributed by atoms with Crippen molar-refractivity contribution in [3.63, 3.8) is 0 Å². The highest BCUT2D eigenvalue weighted by atomic mass is 35.5. The number of hydrogen-bond donors (Lipinski definition) is 3. The van der Waals surface area contributed by atoms with Crippen molar-refractivity contribution in [2.24, 2.45) is 5.92 Å². The summed E-state index contributed by atoms with van der Waals surface area (Å²) in [5.74, 6) is -1.72. The normalized spacial score (nSPS) is 19.3. The standard InChI is InChI=1S/C20H19ClF3N3O3/c21-13-3-1-2-12(10-13)19(30)26-14-4-5-16(20(22,23)24)27-18(14)15-8-11(6-7-25-15)9-17(28)29/h1-5,10-11,15,25H,6-9H2,(H,26,30)(H,28,29). The molecule has 0 radical (unpaired) electrons. The first kappa shape index (κ1) is 22.0. The zero-order valence-corrected chi connectivity index (χ0v) is 16.4. The zero-order chi connectivity index (χ0) is 21.9. The van der Waals surface area contributed by atoms with E-state index in [9.17, 15) is 22.8 Å². The van der Waals surface area contributed by atoms with E-state index in [2.05, 4.69) is 15.6 Å². The monoisotopic (exact) mass is 441 g/mol. The maximum absolute atomic E-state index is 13.2. The van der Waals surface area contributed by atoms with Gasteiger partial charge in [0.05, 0.1) is 17.4 Å². The first-order chi connectivity index (χ1) is 14.1. The molecule has 0 saturated carbocycles. The van der Waals surface area contributed by atoms with Crippen LogP contribution < -0.4 is 10.6 Å². The number of hydrogen-bond acceptors (Lipinski definition) is 4. The molecule has 160 valence electrons. The summed E-state index contributed by atoms with van der Waals surface area (Å²) < 4.78 is 39.7. The van der Waals surface area contributed by atoms with E-state index < -0.39 is 29.8 Å². The average molecular weight is 442 g/mol. The Morgan fingerprint density at radius 1 is 1.27 bits per heavy atom. The number of aliphatic carboxylic acids is 1. The molecule has 1 saturated heterocycles. The van der Waals surface area contributed by atoms with Crippen LogP contribution in [0.2, 0.25) is 5.02 Å². The Hall–Kier alpha value is -2.65. The van der Waals surface area contributed by atoms with E-state index in [0.29, 0.717) is 24.4 Å². The van der Waals surface area contributed by atoms with E-state index >= 15 is 0 Å². The minimum Gasteiger partial charge on any atom is -0.481 e. The number of aromatic nitrogens is 1. The lowest BCUT2D eigenvalue weighted by Crippen LogP contribution is -2.34. The predicted octanol–water partition coefficient (Wildman–Crippen LogP) is 4.52. The van der Waals surface area contributed by atoms with Crippen LogP contribution in [0.1, 0.15) is 47.1 Å². The number of nitrogens with one attached hydrogen (secondary N) is 2. The number of piperidine rings is 1. The van der Waals surface area contributed by atoms with Crippen LogP contribution in [0.3, 0.4) is 0 Å². The van der Waals surface area contributed by atoms with Gasteiger partial charge >= 0.3 is 12.1 Å². The molecule has 6 nitrogen and oxygen atoms in total. The van der Waals surface area contributed by atoms with Crippen molar-refractivity contribution < 1.29 is 27.9 Å². The van der Waals surface area contributed by atoms with Crippen LogP contribution in [0.4, 0.5) is 18.9 Å². The molecule has 2 heterocycles. The average Bonchev–Trinajstić information content (AvgIpc) is 2.67. The maximum atomic E-state index is 13.2. The van der Waals surface area contributed by atoms with E-state index in [1.54, 1.807) is 12.1 Å². The summed E-state index contributed by atoms with van der Waals surface area (Å²) in [7, 11) is 0. The van der Waals surface area contributed by atoms with E-state index in [4.69, 9.17) is 16.7 Å². The number of carboxylic acids is 1. The molecule has 1 fully saturated rings. The summed E-state index contributed by atoms with van der Waals surface area (Å²) in [6.07, 6.45) is -3.85. The quantitative estimate of drug-likeness (QED) is 0.634. The predicted molar refractivity (Wildman–Crippen MR) is 104 cm³/mol. The fourth-order valence-corrected chi connectivity index (χ4v) is 3.66. The van der Waals surface area contributed by atoms with Crippen LogP contribution in [0, 0.1) is 5.92 Å². The van der Waals surface area contributed by atoms with Crippen molar-refractivity contribution in [2.75, 3.05) is 11.9 Å². The number of rotatable bonds is 5. The van der Waals surface area contributed by atoms with Crippen LogP contribution in [0.5, 0.6) is 0 Å². The number of carbonyl (C=O) groups excluding carboxylic acids is 1. The second kappa shape index (κ2) is 9.01. The molecule has 0 aliphatic carbocycles. The van der Waals surface area contributed by atoms with Crippen LogP contribution in [-0.2, 0) is 11.0 Å². The van der Waals surface area contributed by atoms with Gasteiger partial charge in [0.2, 0.25) is 0 Å². The van der Waals surface area contributed by atoms with Gasteiger partial charge in [-0.15, -0.1) is 0 Å². The number of halogens is 4. The molecule has 0 bridgehead atoms. The third kappa shape index (κ3) is 5.48. The lowest BCUT2D eigenvalue weighted by atomic mass is 9.88. The molecule has 1 amide bonds. The number of pyridine rings is 1. The third-order valence-corrected chi connectivity index (χ3v) is 5.09. The summed E-state index contributed by atoms with van der Waals surface area (Å²) in [6, 6.07) is 7.49. The van der Waals surface area contributed by atoms with E-state index in [1.165, 1.54) is 12.1 Å². The Labute approximate surface area is 175 Å². The lowest BCUT2D eigenvalue weighted by molar-refractivity contribution is -0.141. The number of carboxylic acid groups (broad SMARTS) is 1. The minimum absolute atomic E-state index is 0.0234. The molecule has 30 heavy (non-hydrogen) atoms. The van der Waals surface area contributed by atoms with Crippen LogP contribution in [0.15, 0.2) is 36.4 Å². The Balaban J connectivity index is 1.92. The van der Waals surface area contributed by atoms with E-state index in [-0.39, 0.29) is 29.3 Å². The molecule has 2 atom stereocenters. The highest BCUT2D eigenvalue weighted by Gasteiger charge is 2.35. The van der Waals surface area contributed by atoms with E-state index in [1.807, 2.05) is 0 Å². The van der Waals surface area contributed by atoms with Crippen molar-refractivity contribution in [1.29, 1.82) is 0 Å². The van der Waals surface area contributed by atoms with Gasteiger partial charge in [0.1, 0.15) is 5.69 Å². The fraction of sp³-hybridized carbons (Fsp3) is 0.350. The van der Waals surface area contributed by atoms with Crippen molar-refractivity contribution in [2.45, 2.75) is 31.5 Å². The molecule has 10 heteroatoms. The van der Waals surface area contributed by atoms with Crippen molar-refractivity contribution >= 4 is 29.2 Å². The highest BCUT2D eigenvalue weighted by molar-refractivity contribution is 6.31. The largest absolute Gasteiger partial charge is 0.481 e. The second-order valence-electron chi connectivity index (χ2n) is 7.09. The Morgan fingerprint density at radius 3 is 2.70 bits per heavy atom. The maximum Gasteiger partial charge on any atom is 0.433 e. The molecule has 2 unspecified atom stereocenters. The summed E-state index contributed by atoms with van der Waals surface area (Å²) in [6.45, 7) is 0.433. The molecule has 3 N–H and O–H groups in total. The second-order valence-corrected chi connectivity index (χ2v) is 7.52. The first-order valence-electron chi connectivity index (χ1n) is 9.23. The van der Waals surface area contributed by atoms with Crippen LogP contribution in [-0.4, -0.2) is 28.5 Å². The Bertz CT molecular complexity index is 952. The summed E-state index contributed by atoms with van der Waals surface area (Å²) in [5, 5.41) is 15.1. The number of amides is 1. The van der Waals surface area contributed by atoms with Crippen molar-refractivity contribution in [1.82, 2.24) is 10.3 Å². The van der Waals surface area contributed by atoms with Gasteiger partial charge in [-0.1, -0.05) is 17.7 Å². The fourth-order valence-electron chi connectivity index (χ4n) is 3.47. The molecular formula is C20H19ClF3N3O3. The van der Waals surface area contributed by atoms with Gasteiger partial charge in [0, 0.05) is 17.0 Å². The zero-order valence-electron chi connectivity index (χ0n) is 15.7. The van der Waals surface area contributed by atoms with E-state index in [0.717, 1.165) is 12.1 Å². The van der Waals surface area contributed by atoms with Crippen LogP contribution >= 0.6 is 11.6 Å². The lowest BCUT2D eigenvalue weighted by Gasteiger charge is -2.30. The minimum atomic E-state index is -4.65. The molecular weight excluding hydrogens is 423 g/mol. The molecule has 0 spiro atoms. The van der Waals surface area contributed by atoms with Gasteiger partial charge in [-0.2, -0.15) is 13.2 Å². The van der Waals surface area contributed by atoms with Gasteiger partial charge in [0.25, 0.3) is 5.91 Å². The number of carbonyl (C=O) groups is 2. The van der Waals surface area contributed by atoms with Gasteiger partial charge in [-0.25, -0.2) is 4.98 Å². The Morgan fingerprint density at radius 2 is 2.03 bits per heavy atom. The molecule has 1 aromatic carbocycles. The Kier molecular flexibility index (Phi) is 6.62. The number of alkyl halides is 3. The SMILES string of the molecule is O=C(O)CC1CCNC(c2nc(C(F)(F)F)ccc2NC(=O)c2cccc(Cl)c2)C1. The summed E-state index contributed by atoms with van der Waals surface area (Å²) in [5.41, 5.74) is -0.689. The summed E-state index contributed by atoms with van der Waals surface area (Å²) >= 11 is 5.90. The molecule has 3 rings (SSSR count).